The van der Waals surface area contributed by atoms with Crippen LogP contribution in [0.25, 0.3) is 5.69 Å². The monoisotopic (exact) mass is 403 g/mol. The summed E-state index contributed by atoms with van der Waals surface area (Å²) in [5.41, 5.74) is 7.02. The van der Waals surface area contributed by atoms with Crippen molar-refractivity contribution in [3.8, 4) is 11.4 Å². The fourth-order valence-corrected chi connectivity index (χ4v) is 2.51. The summed E-state index contributed by atoms with van der Waals surface area (Å²) in [6, 6.07) is 5.81. The molecule has 0 spiro atoms. The fraction of sp³-hybridized carbons (Fsp3) is 0.471. The molecule has 2 rings (SSSR count). The maximum absolute atomic E-state index is 12.4. The summed E-state index contributed by atoms with van der Waals surface area (Å²) in [4.78, 5) is 12.4. The number of alkyl halides is 2. The van der Waals surface area contributed by atoms with Gasteiger partial charge in [-0.3, -0.25) is 4.79 Å². The van der Waals surface area contributed by atoms with E-state index in [1.807, 2.05) is 0 Å². The first kappa shape index (κ1) is 22.8. The molecule has 0 fully saturated rings. The summed E-state index contributed by atoms with van der Waals surface area (Å²) in [6.45, 7) is 1.25. The number of nitrogens with zero attached hydrogens (tertiary/aromatic N) is 3. The van der Waals surface area contributed by atoms with E-state index in [1.54, 1.807) is 19.1 Å². The third kappa shape index (κ3) is 6.14. The van der Waals surface area contributed by atoms with Crippen LogP contribution in [0.5, 0.6) is 5.75 Å². The van der Waals surface area contributed by atoms with Gasteiger partial charge >= 0.3 is 6.61 Å². The largest absolute Gasteiger partial charge is 0.435 e. The molecule has 0 aliphatic heterocycles. The molecule has 1 aromatic heterocycles. The minimum Gasteiger partial charge on any atom is -0.435 e. The molecule has 1 aromatic carbocycles. The number of amides is 1. The highest BCUT2D eigenvalue weighted by Crippen LogP contribution is 2.18. The van der Waals surface area contributed by atoms with Gasteiger partial charge in [0.15, 0.2) is 5.69 Å². The molecule has 10 heteroatoms. The molecule has 0 saturated heterocycles. The number of carbonyl (C=O) groups excluding carboxylic acids is 1. The molecule has 1 unspecified atom stereocenters. The summed E-state index contributed by atoms with van der Waals surface area (Å²) in [5, 5.41) is 10.8. The van der Waals surface area contributed by atoms with Crippen molar-refractivity contribution in [1.82, 2.24) is 20.3 Å². The van der Waals surface area contributed by atoms with E-state index in [0.717, 1.165) is 19.3 Å². The first-order valence-corrected chi connectivity index (χ1v) is 8.44. The van der Waals surface area contributed by atoms with Gasteiger partial charge in [-0.1, -0.05) is 25.0 Å². The molecule has 0 aliphatic carbocycles. The fourth-order valence-electron chi connectivity index (χ4n) is 2.51. The Balaban J connectivity index is 0.00000364. The number of unbranched alkanes of at least 4 members (excludes halogenated alkanes) is 1. The summed E-state index contributed by atoms with van der Waals surface area (Å²) in [6.07, 6.45) is 2.80. The second kappa shape index (κ2) is 10.8. The van der Waals surface area contributed by atoms with Crippen molar-refractivity contribution < 1.29 is 18.3 Å². The van der Waals surface area contributed by atoms with E-state index in [1.165, 1.54) is 16.8 Å². The van der Waals surface area contributed by atoms with Crippen LogP contribution in [0.1, 0.15) is 42.4 Å². The lowest BCUT2D eigenvalue weighted by Crippen LogP contribution is -2.40. The molecular formula is C17H24ClF2N5O2. The minimum atomic E-state index is -2.88. The molecule has 150 valence electrons. The Labute approximate surface area is 162 Å². The van der Waals surface area contributed by atoms with Crippen LogP contribution in [0.4, 0.5) is 8.78 Å². The lowest BCUT2D eigenvalue weighted by Gasteiger charge is -2.15. The van der Waals surface area contributed by atoms with Crippen LogP contribution in [0.2, 0.25) is 0 Å². The molecule has 1 amide bonds. The molecule has 0 saturated carbocycles. The van der Waals surface area contributed by atoms with Gasteiger partial charge in [-0.15, -0.1) is 17.5 Å². The third-order valence-electron chi connectivity index (χ3n) is 3.94. The lowest BCUT2D eigenvalue weighted by atomic mass is 10.1. The molecular weight excluding hydrogens is 380 g/mol. The third-order valence-corrected chi connectivity index (χ3v) is 3.94. The lowest BCUT2D eigenvalue weighted by molar-refractivity contribution is -0.0498. The van der Waals surface area contributed by atoms with Crippen LogP contribution in [0.15, 0.2) is 24.3 Å². The number of hydrogen-bond donors (Lipinski definition) is 2. The molecule has 1 heterocycles. The van der Waals surface area contributed by atoms with Crippen LogP contribution in [-0.4, -0.2) is 40.1 Å². The van der Waals surface area contributed by atoms with Gasteiger partial charge in [-0.05, 0) is 37.6 Å². The number of nitrogens with one attached hydrogen (secondary N) is 1. The molecule has 2 aromatic rings. The molecule has 0 aliphatic rings. The van der Waals surface area contributed by atoms with Gasteiger partial charge in [0.25, 0.3) is 5.91 Å². The Morgan fingerprint density at radius 2 is 2.00 bits per heavy atom. The van der Waals surface area contributed by atoms with E-state index in [4.69, 9.17) is 5.73 Å². The molecule has 7 nitrogen and oxygen atoms in total. The van der Waals surface area contributed by atoms with Crippen molar-refractivity contribution in [3.63, 3.8) is 0 Å². The number of hydrogen-bond acceptors (Lipinski definition) is 5. The highest BCUT2D eigenvalue weighted by Gasteiger charge is 2.20. The maximum Gasteiger partial charge on any atom is 0.387 e. The van der Waals surface area contributed by atoms with E-state index < -0.39 is 6.61 Å². The molecule has 0 bridgehead atoms. The predicted molar refractivity (Wildman–Crippen MR) is 99.8 cm³/mol. The van der Waals surface area contributed by atoms with Gasteiger partial charge in [-0.2, -0.15) is 8.78 Å². The highest BCUT2D eigenvalue weighted by atomic mass is 35.5. The second-order valence-electron chi connectivity index (χ2n) is 5.86. The molecule has 1 atom stereocenters. The minimum absolute atomic E-state index is 0. The predicted octanol–water partition coefficient (Wildman–Crippen LogP) is 2.85. The normalized spacial score (nSPS) is 11.8. The Morgan fingerprint density at radius 3 is 2.56 bits per heavy atom. The molecule has 0 radical (unpaired) electrons. The average molecular weight is 404 g/mol. The van der Waals surface area contributed by atoms with Crippen LogP contribution in [-0.2, 0) is 0 Å². The van der Waals surface area contributed by atoms with Gasteiger partial charge in [-0.25, -0.2) is 4.68 Å². The number of ether oxygens (including phenoxy) is 1. The number of rotatable bonds is 9. The molecule has 27 heavy (non-hydrogen) atoms. The number of halogens is 3. The Bertz CT molecular complexity index is 725. The summed E-state index contributed by atoms with van der Waals surface area (Å²) >= 11 is 0. The number of benzene rings is 1. The first-order valence-electron chi connectivity index (χ1n) is 8.44. The van der Waals surface area contributed by atoms with E-state index in [0.29, 0.717) is 17.9 Å². The zero-order valence-electron chi connectivity index (χ0n) is 15.2. The first-order chi connectivity index (χ1) is 12.5. The topological polar surface area (TPSA) is 95.1 Å². The van der Waals surface area contributed by atoms with E-state index in [2.05, 4.69) is 27.3 Å². The second-order valence-corrected chi connectivity index (χ2v) is 5.86. The summed E-state index contributed by atoms with van der Waals surface area (Å²) < 4.78 is 30.2. The average Bonchev–Trinajstić information content (AvgIpc) is 3.00. The molecule has 3 N–H and O–H groups in total. The maximum atomic E-state index is 12.4. The van der Waals surface area contributed by atoms with Crippen LogP contribution in [0.3, 0.4) is 0 Å². The van der Waals surface area contributed by atoms with Gasteiger partial charge in [0.05, 0.1) is 11.4 Å². The zero-order valence-corrected chi connectivity index (χ0v) is 16.0. The smallest absolute Gasteiger partial charge is 0.387 e. The van der Waals surface area contributed by atoms with E-state index in [-0.39, 0.29) is 35.8 Å². The number of nitrogens with two attached hydrogens (primary N) is 1. The van der Waals surface area contributed by atoms with E-state index >= 15 is 0 Å². The van der Waals surface area contributed by atoms with Crippen molar-refractivity contribution in [3.05, 3.63) is 35.7 Å². The quantitative estimate of drug-likeness (QED) is 0.671. The van der Waals surface area contributed by atoms with Crippen molar-refractivity contribution >= 4 is 18.3 Å². The van der Waals surface area contributed by atoms with Crippen molar-refractivity contribution in [1.29, 1.82) is 0 Å². The Morgan fingerprint density at radius 1 is 1.33 bits per heavy atom. The highest BCUT2D eigenvalue weighted by molar-refractivity contribution is 5.93. The summed E-state index contributed by atoms with van der Waals surface area (Å²) in [5.74, 6) is -0.292. The van der Waals surface area contributed by atoms with Gasteiger partial charge in [0.1, 0.15) is 5.75 Å². The van der Waals surface area contributed by atoms with Crippen molar-refractivity contribution in [2.75, 3.05) is 6.54 Å². The standard InChI is InChI=1S/C17H23F2N5O2.ClH/c1-3-4-5-12(10-20)21-16(25)15-11(2)24(23-22-15)13-6-8-14(9-7-13)26-17(18)19;/h6-9,12,17H,3-5,10,20H2,1-2H3,(H,21,25);1H. The number of aromatic nitrogens is 3. The number of carbonyl (C=O) groups is 1. The van der Waals surface area contributed by atoms with Crippen LogP contribution < -0.4 is 15.8 Å². The van der Waals surface area contributed by atoms with Crippen LogP contribution in [0, 0.1) is 6.92 Å². The van der Waals surface area contributed by atoms with Crippen LogP contribution >= 0.6 is 12.4 Å². The zero-order chi connectivity index (χ0) is 19.1. The van der Waals surface area contributed by atoms with Crippen molar-refractivity contribution in [2.24, 2.45) is 5.73 Å². The Kier molecular flexibility index (Phi) is 9.10. The van der Waals surface area contributed by atoms with Crippen molar-refractivity contribution in [2.45, 2.75) is 45.8 Å². The van der Waals surface area contributed by atoms with E-state index in [9.17, 15) is 13.6 Å². The van der Waals surface area contributed by atoms with Gasteiger partial charge in [0, 0.05) is 12.6 Å². The Hall–Kier alpha value is -2.26. The SMILES string of the molecule is CCCCC(CN)NC(=O)c1nnn(-c2ccc(OC(F)F)cc2)c1C.Cl. The van der Waals surface area contributed by atoms with Gasteiger partial charge < -0.3 is 15.8 Å². The summed E-state index contributed by atoms with van der Waals surface area (Å²) in [7, 11) is 0. The van der Waals surface area contributed by atoms with Gasteiger partial charge in [0.2, 0.25) is 0 Å².